The van der Waals surface area contributed by atoms with Crippen LogP contribution in [-0.4, -0.2) is 65.9 Å². The second-order valence-corrected chi connectivity index (χ2v) is 4.63. The summed E-state index contributed by atoms with van der Waals surface area (Å²) in [6.07, 6.45) is 2.00. The summed E-state index contributed by atoms with van der Waals surface area (Å²) in [7, 11) is 0. The molecule has 0 aromatic carbocycles. The highest BCUT2D eigenvalue weighted by Crippen LogP contribution is 2.16. The van der Waals surface area contributed by atoms with Crippen LogP contribution in [0.2, 0.25) is 0 Å². The van der Waals surface area contributed by atoms with Crippen LogP contribution in [0.1, 0.15) is 19.8 Å². The van der Waals surface area contributed by atoms with Gasteiger partial charge in [0, 0.05) is 19.6 Å². The number of urea groups is 1. The number of carbonyl (C=O) groups excluding carboxylic acids is 1. The minimum atomic E-state index is -0.227. The molecule has 0 aromatic heterocycles. The number of amides is 2. The first kappa shape index (κ1) is 11.7. The monoisotopic (exact) mass is 228 g/mol. The van der Waals surface area contributed by atoms with Gasteiger partial charge >= 0.3 is 6.03 Å². The van der Waals surface area contributed by atoms with E-state index in [1.165, 1.54) is 0 Å². The van der Waals surface area contributed by atoms with Gasteiger partial charge in [-0.2, -0.15) is 0 Å². The summed E-state index contributed by atoms with van der Waals surface area (Å²) in [4.78, 5) is 15.8. The Labute approximate surface area is 96.0 Å². The molecule has 0 spiro atoms. The number of aliphatic hydroxyl groups excluding tert-OH is 1. The quantitative estimate of drug-likeness (QED) is 0.701. The lowest BCUT2D eigenvalue weighted by atomic mass is 10.2. The van der Waals surface area contributed by atoms with Crippen molar-refractivity contribution in [3.8, 4) is 0 Å². The molecule has 0 radical (unpaired) electrons. The molecule has 5 heteroatoms. The Morgan fingerprint density at radius 2 is 2.00 bits per heavy atom. The van der Waals surface area contributed by atoms with Crippen molar-refractivity contribution in [2.75, 3.05) is 32.8 Å². The van der Waals surface area contributed by atoms with Crippen molar-refractivity contribution in [1.82, 2.24) is 9.80 Å². The number of nitrogens with zero attached hydrogens (tertiary/aromatic N) is 2. The summed E-state index contributed by atoms with van der Waals surface area (Å²) >= 11 is 0. The molecule has 2 fully saturated rings. The maximum absolute atomic E-state index is 12.1. The molecule has 2 rings (SSSR count). The number of likely N-dealkylation sites (tertiary alicyclic amines) is 1. The predicted molar refractivity (Wildman–Crippen MR) is 59.2 cm³/mol. The third-order valence-electron chi connectivity index (χ3n) is 3.18. The molecular weight excluding hydrogens is 208 g/mol. The van der Waals surface area contributed by atoms with Gasteiger partial charge in [-0.05, 0) is 19.8 Å². The van der Waals surface area contributed by atoms with E-state index in [-0.39, 0.29) is 24.8 Å². The fourth-order valence-electron chi connectivity index (χ4n) is 2.41. The largest absolute Gasteiger partial charge is 0.394 e. The van der Waals surface area contributed by atoms with Crippen LogP contribution in [0.4, 0.5) is 4.79 Å². The van der Waals surface area contributed by atoms with Crippen LogP contribution in [0.25, 0.3) is 0 Å². The van der Waals surface area contributed by atoms with Crippen molar-refractivity contribution in [2.45, 2.75) is 32.0 Å². The van der Waals surface area contributed by atoms with Crippen LogP contribution in [0.15, 0.2) is 0 Å². The van der Waals surface area contributed by atoms with Crippen LogP contribution < -0.4 is 0 Å². The number of morpholine rings is 1. The highest BCUT2D eigenvalue weighted by atomic mass is 16.5. The molecule has 2 heterocycles. The first-order chi connectivity index (χ1) is 7.70. The Morgan fingerprint density at radius 1 is 1.31 bits per heavy atom. The zero-order valence-corrected chi connectivity index (χ0v) is 9.76. The normalized spacial score (nSPS) is 30.9. The summed E-state index contributed by atoms with van der Waals surface area (Å²) in [5, 5.41) is 9.10. The third kappa shape index (κ3) is 2.47. The highest BCUT2D eigenvalue weighted by molar-refractivity contribution is 5.74. The second-order valence-electron chi connectivity index (χ2n) is 4.63. The van der Waals surface area contributed by atoms with E-state index in [2.05, 4.69) is 0 Å². The Bertz CT molecular complexity index is 254. The van der Waals surface area contributed by atoms with Crippen molar-refractivity contribution < 1.29 is 14.6 Å². The molecular formula is C11H20N2O3. The van der Waals surface area contributed by atoms with E-state index in [0.29, 0.717) is 13.1 Å². The van der Waals surface area contributed by atoms with E-state index < -0.39 is 0 Å². The van der Waals surface area contributed by atoms with E-state index >= 15 is 0 Å². The molecule has 0 saturated carbocycles. The molecule has 2 amide bonds. The predicted octanol–water partition coefficient (Wildman–Crippen LogP) is 0.284. The van der Waals surface area contributed by atoms with Crippen molar-refractivity contribution in [3.63, 3.8) is 0 Å². The minimum Gasteiger partial charge on any atom is -0.394 e. The first-order valence-corrected chi connectivity index (χ1v) is 6.01. The van der Waals surface area contributed by atoms with Crippen LogP contribution in [-0.2, 0) is 4.74 Å². The number of rotatable bonds is 1. The van der Waals surface area contributed by atoms with Gasteiger partial charge in [-0.15, -0.1) is 0 Å². The van der Waals surface area contributed by atoms with Crippen molar-refractivity contribution in [1.29, 1.82) is 0 Å². The van der Waals surface area contributed by atoms with Gasteiger partial charge < -0.3 is 19.6 Å². The van der Waals surface area contributed by atoms with Crippen molar-refractivity contribution in [2.24, 2.45) is 0 Å². The van der Waals surface area contributed by atoms with Gasteiger partial charge in [-0.3, -0.25) is 0 Å². The lowest BCUT2D eigenvalue weighted by Crippen LogP contribution is -2.53. The number of ether oxygens (including phenoxy) is 1. The summed E-state index contributed by atoms with van der Waals surface area (Å²) in [5.41, 5.74) is 0. The molecule has 2 saturated heterocycles. The second kappa shape index (κ2) is 5.01. The fraction of sp³-hybridized carbons (Fsp3) is 0.909. The van der Waals surface area contributed by atoms with Crippen LogP contribution >= 0.6 is 0 Å². The lowest BCUT2D eigenvalue weighted by Gasteiger charge is -2.37. The van der Waals surface area contributed by atoms with Gasteiger partial charge in [0.25, 0.3) is 0 Å². The smallest absolute Gasteiger partial charge is 0.320 e. The van der Waals surface area contributed by atoms with Crippen LogP contribution in [0.5, 0.6) is 0 Å². The van der Waals surface area contributed by atoms with Crippen LogP contribution in [0.3, 0.4) is 0 Å². The summed E-state index contributed by atoms with van der Waals surface area (Å²) < 4.78 is 5.52. The Morgan fingerprint density at radius 3 is 2.62 bits per heavy atom. The standard InChI is InChI=1S/C11H20N2O3/c1-9-6-13(7-10(8-14)16-9)11(15)12-4-2-3-5-12/h9-10,14H,2-8H2,1H3. The molecule has 2 aliphatic rings. The van der Waals surface area contributed by atoms with Crippen molar-refractivity contribution >= 4 is 6.03 Å². The Hall–Kier alpha value is -0.810. The first-order valence-electron chi connectivity index (χ1n) is 6.01. The van der Waals surface area contributed by atoms with Crippen molar-refractivity contribution in [3.05, 3.63) is 0 Å². The van der Waals surface area contributed by atoms with Gasteiger partial charge in [-0.1, -0.05) is 0 Å². The third-order valence-corrected chi connectivity index (χ3v) is 3.18. The molecule has 2 aliphatic heterocycles. The van der Waals surface area contributed by atoms with Gasteiger partial charge in [0.2, 0.25) is 0 Å². The lowest BCUT2D eigenvalue weighted by molar-refractivity contribution is -0.0857. The summed E-state index contributed by atoms with van der Waals surface area (Å²) in [6.45, 7) is 4.80. The molecule has 2 unspecified atom stereocenters. The molecule has 92 valence electrons. The van der Waals surface area contributed by atoms with Gasteiger partial charge in [0.15, 0.2) is 0 Å². The van der Waals surface area contributed by atoms with E-state index in [9.17, 15) is 4.79 Å². The van der Waals surface area contributed by atoms with Gasteiger partial charge in [0.1, 0.15) is 0 Å². The average Bonchev–Trinajstić information content (AvgIpc) is 2.80. The molecule has 5 nitrogen and oxygen atoms in total. The molecule has 1 N–H and O–H groups in total. The highest BCUT2D eigenvalue weighted by Gasteiger charge is 2.31. The summed E-state index contributed by atoms with van der Waals surface area (Å²) in [6, 6.07) is 0.103. The molecule has 2 atom stereocenters. The zero-order chi connectivity index (χ0) is 11.5. The minimum absolute atomic E-state index is 0.0115. The maximum atomic E-state index is 12.1. The van der Waals surface area contributed by atoms with Gasteiger partial charge in [0.05, 0.1) is 25.4 Å². The van der Waals surface area contributed by atoms with Gasteiger partial charge in [-0.25, -0.2) is 4.79 Å². The van der Waals surface area contributed by atoms with E-state index in [1.54, 1.807) is 4.90 Å². The number of aliphatic hydroxyl groups is 1. The molecule has 0 aromatic rings. The van der Waals surface area contributed by atoms with E-state index in [1.807, 2.05) is 11.8 Å². The number of carbonyl (C=O) groups is 1. The summed E-state index contributed by atoms with van der Waals surface area (Å²) in [5.74, 6) is 0. The zero-order valence-electron chi connectivity index (χ0n) is 9.76. The van der Waals surface area contributed by atoms with Crippen LogP contribution in [0, 0.1) is 0 Å². The maximum Gasteiger partial charge on any atom is 0.320 e. The Balaban J connectivity index is 1.94. The van der Waals surface area contributed by atoms with E-state index in [0.717, 1.165) is 25.9 Å². The molecule has 0 aliphatic carbocycles. The number of hydrogen-bond donors (Lipinski definition) is 1. The fourth-order valence-corrected chi connectivity index (χ4v) is 2.41. The Kier molecular flexibility index (Phi) is 3.66. The number of hydrogen-bond acceptors (Lipinski definition) is 3. The molecule has 16 heavy (non-hydrogen) atoms. The SMILES string of the molecule is CC1CN(C(=O)N2CCCC2)CC(CO)O1. The average molecular weight is 228 g/mol. The molecule has 0 bridgehead atoms. The topological polar surface area (TPSA) is 53.0 Å². The van der Waals surface area contributed by atoms with E-state index in [4.69, 9.17) is 9.84 Å².